The van der Waals surface area contributed by atoms with Crippen LogP contribution in [-0.2, 0) is 6.42 Å². The van der Waals surface area contributed by atoms with E-state index in [1.807, 2.05) is 18.2 Å². The molecule has 4 aromatic heterocycles. The highest BCUT2D eigenvalue weighted by molar-refractivity contribution is 5.98. The number of piperidine rings is 1. The van der Waals surface area contributed by atoms with Crippen LogP contribution in [0.15, 0.2) is 59.9 Å². The van der Waals surface area contributed by atoms with Crippen LogP contribution in [0.2, 0.25) is 0 Å². The number of ketones is 1. The number of hydrogen-bond acceptors (Lipinski definition) is 8. The second-order valence-corrected chi connectivity index (χ2v) is 7.66. The van der Waals surface area contributed by atoms with E-state index in [1.165, 1.54) is 6.39 Å². The molecule has 1 saturated heterocycles. The van der Waals surface area contributed by atoms with Crippen LogP contribution < -0.4 is 10.6 Å². The van der Waals surface area contributed by atoms with Crippen molar-refractivity contribution in [2.75, 3.05) is 18.4 Å². The van der Waals surface area contributed by atoms with Gasteiger partial charge in [-0.3, -0.25) is 14.8 Å². The van der Waals surface area contributed by atoms with Crippen LogP contribution in [0.4, 0.5) is 5.82 Å². The Kier molecular flexibility index (Phi) is 5.37. The Bertz CT molecular complexity index is 1200. The normalized spacial score (nSPS) is 14.6. The second kappa shape index (κ2) is 8.61. The number of Topliss-reactive ketones (excluding diaryl/α,β-unsaturated/α-hetero) is 1. The number of aromatic nitrogens is 4. The van der Waals surface area contributed by atoms with E-state index in [4.69, 9.17) is 4.42 Å². The molecule has 1 fully saturated rings. The van der Waals surface area contributed by atoms with Gasteiger partial charge in [0.2, 0.25) is 0 Å². The number of pyridine rings is 3. The van der Waals surface area contributed by atoms with Gasteiger partial charge in [0.05, 0.1) is 12.6 Å². The van der Waals surface area contributed by atoms with Gasteiger partial charge in [-0.1, -0.05) is 0 Å². The van der Waals surface area contributed by atoms with Gasteiger partial charge < -0.3 is 15.1 Å². The van der Waals surface area contributed by atoms with E-state index in [0.29, 0.717) is 28.8 Å². The van der Waals surface area contributed by atoms with Gasteiger partial charge in [0, 0.05) is 41.3 Å². The van der Waals surface area contributed by atoms with Gasteiger partial charge >= 0.3 is 0 Å². The minimum Gasteiger partial charge on any atom is -0.442 e. The van der Waals surface area contributed by atoms with Crippen molar-refractivity contribution in [3.8, 4) is 11.5 Å². The third-order valence-electron chi connectivity index (χ3n) is 5.46. The zero-order chi connectivity index (χ0) is 21.0. The predicted octanol–water partition coefficient (Wildman–Crippen LogP) is 3.27. The molecule has 31 heavy (non-hydrogen) atoms. The van der Waals surface area contributed by atoms with Gasteiger partial charge in [-0.2, -0.15) is 0 Å². The molecular formula is C23H22N6O2. The van der Waals surface area contributed by atoms with E-state index in [1.54, 1.807) is 30.9 Å². The number of carbonyl (C=O) groups is 1. The Hall–Kier alpha value is -3.65. The zero-order valence-electron chi connectivity index (χ0n) is 16.9. The number of nitrogens with zero attached hydrogens (tertiary/aromatic N) is 4. The number of anilines is 1. The number of hydrogen-bond donors (Lipinski definition) is 2. The first-order chi connectivity index (χ1) is 15.2. The summed E-state index contributed by atoms with van der Waals surface area (Å²) in [5.41, 5.74) is 2.03. The van der Waals surface area contributed by atoms with Crippen molar-refractivity contribution in [3.63, 3.8) is 0 Å². The van der Waals surface area contributed by atoms with Gasteiger partial charge in [0.1, 0.15) is 11.5 Å². The number of carbonyl (C=O) groups excluding carboxylic acids is 1. The minimum atomic E-state index is 0.00660. The Morgan fingerprint density at radius 2 is 1.94 bits per heavy atom. The molecule has 5 rings (SSSR count). The molecule has 0 radical (unpaired) electrons. The van der Waals surface area contributed by atoms with Gasteiger partial charge in [-0.05, 0) is 55.6 Å². The molecule has 1 aliphatic rings. The van der Waals surface area contributed by atoms with E-state index >= 15 is 0 Å². The molecule has 0 spiro atoms. The van der Waals surface area contributed by atoms with Crippen molar-refractivity contribution < 1.29 is 9.21 Å². The Morgan fingerprint density at radius 3 is 2.77 bits per heavy atom. The number of oxazole rings is 1. The lowest BCUT2D eigenvalue weighted by molar-refractivity contribution is 0.0992. The average Bonchev–Trinajstić information content (AvgIpc) is 3.34. The smallest absolute Gasteiger partial charge is 0.181 e. The summed E-state index contributed by atoms with van der Waals surface area (Å²) in [6.45, 7) is 2.00. The number of fused-ring (bicyclic) bond motifs is 1. The molecule has 0 amide bonds. The Balaban J connectivity index is 1.33. The van der Waals surface area contributed by atoms with E-state index in [2.05, 4.69) is 30.6 Å². The highest BCUT2D eigenvalue weighted by Crippen LogP contribution is 2.22. The monoisotopic (exact) mass is 414 g/mol. The second-order valence-electron chi connectivity index (χ2n) is 7.66. The Labute approximate surface area is 179 Å². The number of nitrogens with one attached hydrogen (secondary N) is 2. The quantitative estimate of drug-likeness (QED) is 0.463. The van der Waals surface area contributed by atoms with E-state index in [9.17, 15) is 4.79 Å². The molecule has 0 aliphatic carbocycles. The fourth-order valence-electron chi connectivity index (χ4n) is 3.78. The van der Waals surface area contributed by atoms with Crippen molar-refractivity contribution >= 4 is 22.4 Å². The van der Waals surface area contributed by atoms with Crippen LogP contribution in [0.1, 0.15) is 28.9 Å². The van der Waals surface area contributed by atoms with Crippen molar-refractivity contribution in [2.24, 2.45) is 0 Å². The van der Waals surface area contributed by atoms with Crippen molar-refractivity contribution in [2.45, 2.75) is 25.3 Å². The lowest BCUT2D eigenvalue weighted by atomic mass is 10.0. The molecule has 0 aromatic carbocycles. The van der Waals surface area contributed by atoms with Crippen molar-refractivity contribution in [1.82, 2.24) is 25.3 Å². The van der Waals surface area contributed by atoms with Crippen molar-refractivity contribution in [1.29, 1.82) is 0 Å². The molecule has 4 aromatic rings. The van der Waals surface area contributed by atoms with Crippen LogP contribution in [0.5, 0.6) is 0 Å². The topological polar surface area (TPSA) is 106 Å². The maximum atomic E-state index is 12.9. The summed E-state index contributed by atoms with van der Waals surface area (Å²) < 4.78 is 5.33. The lowest BCUT2D eigenvalue weighted by Gasteiger charge is -2.24. The van der Waals surface area contributed by atoms with Crippen LogP contribution in [-0.4, -0.2) is 44.9 Å². The fourth-order valence-corrected chi connectivity index (χ4v) is 3.78. The summed E-state index contributed by atoms with van der Waals surface area (Å²) in [4.78, 5) is 30.1. The third kappa shape index (κ3) is 4.44. The Morgan fingerprint density at radius 1 is 1.06 bits per heavy atom. The first kappa shape index (κ1) is 19.3. The highest BCUT2D eigenvalue weighted by atomic mass is 16.3. The third-order valence-corrected chi connectivity index (χ3v) is 5.46. The zero-order valence-corrected chi connectivity index (χ0v) is 16.9. The molecule has 5 heterocycles. The predicted molar refractivity (Wildman–Crippen MR) is 117 cm³/mol. The van der Waals surface area contributed by atoms with E-state index < -0.39 is 0 Å². The molecule has 0 saturated carbocycles. The van der Waals surface area contributed by atoms with E-state index in [0.717, 1.165) is 42.5 Å². The summed E-state index contributed by atoms with van der Waals surface area (Å²) in [5, 5.41) is 8.64. The SMILES string of the molecule is O=C(Cc1cc2cc(-c3cnco3)ncc2cn1)c1ccnc(NC2CCNCC2)c1. The largest absolute Gasteiger partial charge is 0.442 e. The first-order valence-electron chi connectivity index (χ1n) is 10.3. The lowest BCUT2D eigenvalue weighted by Crippen LogP contribution is -2.35. The summed E-state index contributed by atoms with van der Waals surface area (Å²) in [7, 11) is 0. The summed E-state index contributed by atoms with van der Waals surface area (Å²) in [6.07, 6.45) is 10.5. The number of rotatable bonds is 6. The van der Waals surface area contributed by atoms with Gasteiger partial charge in [0.15, 0.2) is 17.9 Å². The van der Waals surface area contributed by atoms with Crippen LogP contribution in [0.25, 0.3) is 22.2 Å². The molecule has 8 nitrogen and oxygen atoms in total. The van der Waals surface area contributed by atoms with Gasteiger partial charge in [-0.15, -0.1) is 0 Å². The molecular weight excluding hydrogens is 392 g/mol. The first-order valence-corrected chi connectivity index (χ1v) is 10.3. The highest BCUT2D eigenvalue weighted by Gasteiger charge is 2.15. The van der Waals surface area contributed by atoms with Crippen LogP contribution >= 0.6 is 0 Å². The molecule has 0 bridgehead atoms. The summed E-state index contributed by atoms with van der Waals surface area (Å²) in [6, 6.07) is 7.80. The maximum Gasteiger partial charge on any atom is 0.181 e. The summed E-state index contributed by atoms with van der Waals surface area (Å²) in [5.74, 6) is 1.35. The summed E-state index contributed by atoms with van der Waals surface area (Å²) >= 11 is 0. The molecule has 0 unspecified atom stereocenters. The molecule has 156 valence electrons. The average molecular weight is 414 g/mol. The van der Waals surface area contributed by atoms with Crippen LogP contribution in [0.3, 0.4) is 0 Å². The maximum absolute atomic E-state index is 12.9. The molecule has 8 heteroatoms. The standard InChI is InChI=1S/C23H22N6O2/c30-21(15-1-6-26-23(9-15)29-18-2-4-24-5-3-18)10-19-7-16-8-20(22-13-25-14-31-22)28-12-17(16)11-27-19/h1,6-9,11-14,18,24H,2-5,10H2,(H,26,29). The van der Waals surface area contributed by atoms with Crippen LogP contribution in [0, 0.1) is 0 Å². The van der Waals surface area contributed by atoms with E-state index in [-0.39, 0.29) is 12.2 Å². The minimum absolute atomic E-state index is 0.00660. The molecule has 1 aliphatic heterocycles. The van der Waals surface area contributed by atoms with Gasteiger partial charge in [0.25, 0.3) is 0 Å². The molecule has 0 atom stereocenters. The fraction of sp³-hybridized carbons (Fsp3) is 0.261. The van der Waals surface area contributed by atoms with Crippen molar-refractivity contribution in [3.05, 3.63) is 66.7 Å². The van der Waals surface area contributed by atoms with Gasteiger partial charge in [-0.25, -0.2) is 9.97 Å². The molecule has 2 N–H and O–H groups in total.